The van der Waals surface area contributed by atoms with Crippen LogP contribution in [0, 0.1) is 19.3 Å². The van der Waals surface area contributed by atoms with Gasteiger partial charge in [0.15, 0.2) is 0 Å². The summed E-state index contributed by atoms with van der Waals surface area (Å²) in [5.41, 5.74) is 0.500. The van der Waals surface area contributed by atoms with Crippen molar-refractivity contribution in [3.63, 3.8) is 0 Å². The highest BCUT2D eigenvalue weighted by Gasteiger charge is 2.40. The van der Waals surface area contributed by atoms with Gasteiger partial charge in [-0.05, 0) is 27.2 Å². The molecule has 0 saturated carbocycles. The van der Waals surface area contributed by atoms with Gasteiger partial charge in [-0.15, -0.1) is 0 Å². The van der Waals surface area contributed by atoms with Crippen molar-refractivity contribution in [2.45, 2.75) is 27.2 Å². The van der Waals surface area contributed by atoms with Crippen LogP contribution in [0.25, 0.3) is 0 Å². The minimum Gasteiger partial charge on any atom is -0.359 e. The maximum Gasteiger partial charge on any atom is 0.227 e. The maximum atomic E-state index is 11.9. The summed E-state index contributed by atoms with van der Waals surface area (Å²) < 4.78 is 0. The summed E-state index contributed by atoms with van der Waals surface area (Å²) in [5.74, 6) is 1.56. The van der Waals surface area contributed by atoms with Crippen molar-refractivity contribution in [3.8, 4) is 0 Å². The minimum atomic E-state index is -0.369. The molecule has 1 unspecified atom stereocenters. The molecular weight excluding hydrogens is 264 g/mol. The number of rotatable bonds is 2. The van der Waals surface area contributed by atoms with Crippen molar-refractivity contribution in [3.05, 3.63) is 16.5 Å². The molecule has 6 heteroatoms. The number of carbonyl (C=O) groups is 1. The van der Waals surface area contributed by atoms with E-state index in [2.05, 4.69) is 20.2 Å². The normalized spacial score (nSPS) is 22.7. The third-order valence-corrected chi connectivity index (χ3v) is 4.09. The lowest BCUT2D eigenvalue weighted by molar-refractivity contribution is -0.128. The summed E-state index contributed by atoms with van der Waals surface area (Å²) in [4.78, 5) is 22.7. The Morgan fingerprint density at radius 2 is 2.11 bits per heavy atom. The van der Waals surface area contributed by atoms with Crippen molar-refractivity contribution < 1.29 is 4.79 Å². The van der Waals surface area contributed by atoms with Crippen LogP contribution in [0.3, 0.4) is 0 Å². The maximum absolute atomic E-state index is 11.9. The molecule has 1 saturated heterocycles. The molecule has 1 amide bonds. The number of aromatic nitrogens is 2. The highest BCUT2D eigenvalue weighted by atomic mass is 35.5. The molecule has 1 N–H and O–H groups in total. The van der Waals surface area contributed by atoms with Gasteiger partial charge in [-0.3, -0.25) is 4.79 Å². The van der Waals surface area contributed by atoms with Crippen molar-refractivity contribution >= 4 is 23.3 Å². The van der Waals surface area contributed by atoms with Gasteiger partial charge in [-0.25, -0.2) is 9.97 Å². The summed E-state index contributed by atoms with van der Waals surface area (Å²) in [5, 5.41) is 3.21. The summed E-state index contributed by atoms with van der Waals surface area (Å²) >= 11 is 6.10. The fraction of sp³-hybridized carbons (Fsp3) is 0.615. The number of hydrogen-bond donors (Lipinski definition) is 1. The first-order valence-corrected chi connectivity index (χ1v) is 6.73. The second-order valence-electron chi connectivity index (χ2n) is 5.32. The van der Waals surface area contributed by atoms with Crippen molar-refractivity contribution in [2.24, 2.45) is 5.41 Å². The predicted molar refractivity (Wildman–Crippen MR) is 75.5 cm³/mol. The largest absolute Gasteiger partial charge is 0.359 e. The van der Waals surface area contributed by atoms with E-state index in [0.29, 0.717) is 17.5 Å². The summed E-state index contributed by atoms with van der Waals surface area (Å²) in [6, 6.07) is 0. The smallest absolute Gasteiger partial charge is 0.227 e. The fourth-order valence-corrected chi connectivity index (χ4v) is 2.72. The molecule has 1 fully saturated rings. The number of halogens is 1. The zero-order valence-corrected chi connectivity index (χ0v) is 12.5. The Balaban J connectivity index is 2.29. The highest BCUT2D eigenvalue weighted by Crippen LogP contribution is 2.34. The van der Waals surface area contributed by atoms with E-state index in [1.807, 2.05) is 20.8 Å². The molecule has 0 radical (unpaired) electrons. The van der Waals surface area contributed by atoms with E-state index in [-0.39, 0.29) is 11.3 Å². The van der Waals surface area contributed by atoms with E-state index in [1.165, 1.54) is 0 Å². The van der Waals surface area contributed by atoms with Crippen molar-refractivity contribution in [1.29, 1.82) is 0 Å². The van der Waals surface area contributed by atoms with Crippen LogP contribution in [-0.4, -0.2) is 36.0 Å². The average molecular weight is 283 g/mol. The lowest BCUT2D eigenvalue weighted by Gasteiger charge is -2.24. The molecule has 5 nitrogen and oxygen atoms in total. The Hall–Kier alpha value is -1.36. The molecule has 1 aromatic heterocycles. The third-order valence-electron chi connectivity index (χ3n) is 3.72. The molecule has 1 atom stereocenters. The Bertz CT molecular complexity index is 520. The quantitative estimate of drug-likeness (QED) is 0.839. The van der Waals surface area contributed by atoms with Gasteiger partial charge < -0.3 is 10.2 Å². The zero-order chi connectivity index (χ0) is 14.2. The molecule has 19 heavy (non-hydrogen) atoms. The van der Waals surface area contributed by atoms with Gasteiger partial charge in [-0.2, -0.15) is 0 Å². The van der Waals surface area contributed by atoms with Crippen LogP contribution >= 0.6 is 11.6 Å². The highest BCUT2D eigenvalue weighted by molar-refractivity contribution is 6.30. The van der Waals surface area contributed by atoms with Crippen molar-refractivity contribution in [1.82, 2.24) is 15.3 Å². The number of anilines is 1. The molecule has 0 spiro atoms. The first-order valence-electron chi connectivity index (χ1n) is 6.35. The molecule has 2 heterocycles. The van der Waals surface area contributed by atoms with Crippen LogP contribution < -0.4 is 10.2 Å². The Kier molecular flexibility index (Phi) is 3.67. The molecule has 0 aliphatic carbocycles. The van der Waals surface area contributed by atoms with E-state index in [4.69, 9.17) is 11.6 Å². The Labute approximate surface area is 118 Å². The van der Waals surface area contributed by atoms with Crippen LogP contribution in [0.1, 0.15) is 24.7 Å². The second-order valence-corrected chi connectivity index (χ2v) is 5.68. The molecule has 104 valence electrons. The fourth-order valence-electron chi connectivity index (χ4n) is 2.52. The van der Waals surface area contributed by atoms with Gasteiger partial charge in [-0.1, -0.05) is 11.6 Å². The SMILES string of the molecule is CNC(=O)C1(C)CCN(c2nc(C)nc(Cl)c2C)C1. The van der Waals surface area contributed by atoms with Crippen LogP contribution in [-0.2, 0) is 4.79 Å². The number of aryl methyl sites for hydroxylation is 1. The Morgan fingerprint density at radius 1 is 1.42 bits per heavy atom. The molecular formula is C13H19ClN4O. The van der Waals surface area contributed by atoms with Crippen LogP contribution in [0.15, 0.2) is 0 Å². The number of nitrogens with zero attached hydrogens (tertiary/aromatic N) is 3. The molecule has 0 bridgehead atoms. The van der Waals surface area contributed by atoms with E-state index in [1.54, 1.807) is 7.05 Å². The molecule has 2 rings (SSSR count). The zero-order valence-electron chi connectivity index (χ0n) is 11.7. The molecule has 0 aromatic carbocycles. The molecule has 1 aliphatic rings. The predicted octanol–water partition coefficient (Wildman–Crippen LogP) is 1.71. The Morgan fingerprint density at radius 3 is 2.74 bits per heavy atom. The first-order chi connectivity index (χ1) is 8.87. The average Bonchev–Trinajstić information content (AvgIpc) is 2.76. The lowest BCUT2D eigenvalue weighted by atomic mass is 9.89. The summed E-state index contributed by atoms with van der Waals surface area (Å²) in [6.07, 6.45) is 0.812. The number of amides is 1. The van der Waals surface area contributed by atoms with E-state index < -0.39 is 0 Å². The molecule has 1 aromatic rings. The van der Waals surface area contributed by atoms with Gasteiger partial charge in [0, 0.05) is 25.7 Å². The standard InChI is InChI=1S/C13H19ClN4O/c1-8-10(14)16-9(2)17-11(8)18-6-5-13(3,7-18)12(19)15-4/h5-7H2,1-4H3,(H,15,19). The lowest BCUT2D eigenvalue weighted by Crippen LogP contribution is -2.39. The number of hydrogen-bond acceptors (Lipinski definition) is 4. The van der Waals surface area contributed by atoms with Gasteiger partial charge >= 0.3 is 0 Å². The van der Waals surface area contributed by atoms with Gasteiger partial charge in [0.1, 0.15) is 16.8 Å². The van der Waals surface area contributed by atoms with Gasteiger partial charge in [0.25, 0.3) is 0 Å². The van der Waals surface area contributed by atoms with E-state index in [0.717, 1.165) is 24.3 Å². The van der Waals surface area contributed by atoms with Crippen LogP contribution in [0.4, 0.5) is 5.82 Å². The number of carbonyl (C=O) groups excluding carboxylic acids is 1. The topological polar surface area (TPSA) is 58.1 Å². The minimum absolute atomic E-state index is 0.0736. The van der Waals surface area contributed by atoms with Crippen LogP contribution in [0.5, 0.6) is 0 Å². The molecule has 1 aliphatic heterocycles. The second kappa shape index (κ2) is 4.96. The summed E-state index contributed by atoms with van der Waals surface area (Å²) in [6.45, 7) is 7.17. The van der Waals surface area contributed by atoms with Crippen molar-refractivity contribution in [2.75, 3.05) is 25.0 Å². The van der Waals surface area contributed by atoms with Gasteiger partial charge in [0.05, 0.1) is 5.41 Å². The third kappa shape index (κ3) is 2.52. The van der Waals surface area contributed by atoms with E-state index >= 15 is 0 Å². The van der Waals surface area contributed by atoms with Crippen LogP contribution in [0.2, 0.25) is 5.15 Å². The monoisotopic (exact) mass is 282 g/mol. The first kappa shape index (κ1) is 14.1. The number of nitrogens with one attached hydrogen (secondary N) is 1. The van der Waals surface area contributed by atoms with E-state index in [9.17, 15) is 4.79 Å². The summed E-state index contributed by atoms with van der Waals surface area (Å²) in [7, 11) is 1.67. The van der Waals surface area contributed by atoms with Gasteiger partial charge in [0.2, 0.25) is 5.91 Å².